The number of carbonyl (C=O) groups excluding carboxylic acids is 2. The normalized spacial score (nSPS) is 27.6. The molecule has 0 bridgehead atoms. The van der Waals surface area contributed by atoms with E-state index in [-0.39, 0.29) is 24.4 Å². The van der Waals surface area contributed by atoms with Gasteiger partial charge in [0.15, 0.2) is 0 Å². The van der Waals surface area contributed by atoms with Crippen molar-refractivity contribution in [2.45, 2.75) is 69.8 Å². The van der Waals surface area contributed by atoms with Crippen molar-refractivity contribution in [2.24, 2.45) is 5.92 Å². The zero-order valence-electron chi connectivity index (χ0n) is 15.6. The Kier molecular flexibility index (Phi) is 6.95. The van der Waals surface area contributed by atoms with Gasteiger partial charge in [-0.15, -0.1) is 0 Å². The maximum absolute atomic E-state index is 12.7. The molecule has 1 saturated carbocycles. The molecule has 0 aromatic carbocycles. The second-order valence-electron chi connectivity index (χ2n) is 8.05. The lowest BCUT2D eigenvalue weighted by molar-refractivity contribution is -0.138. The summed E-state index contributed by atoms with van der Waals surface area (Å²) in [6.45, 7) is 2.28. The number of nitrogens with one attached hydrogen (secondary N) is 1. The van der Waals surface area contributed by atoms with Crippen LogP contribution >= 0.6 is 0 Å². The van der Waals surface area contributed by atoms with E-state index < -0.39 is 13.1 Å². The number of hydrogen-bond acceptors (Lipinski definition) is 5. The monoisotopic (exact) mass is 365 g/mol. The molecule has 0 aromatic rings. The predicted molar refractivity (Wildman–Crippen MR) is 99.1 cm³/mol. The van der Waals surface area contributed by atoms with E-state index >= 15 is 0 Å². The topological polar surface area (TPSA) is 93.1 Å². The number of amides is 2. The van der Waals surface area contributed by atoms with Crippen LogP contribution in [-0.2, 0) is 9.59 Å². The average Bonchev–Trinajstić information content (AvgIpc) is 3.17. The van der Waals surface area contributed by atoms with Gasteiger partial charge in [0.25, 0.3) is 0 Å². The number of likely N-dealkylation sites (tertiary alicyclic amines) is 2. The van der Waals surface area contributed by atoms with Crippen molar-refractivity contribution in [3.05, 3.63) is 0 Å². The van der Waals surface area contributed by atoms with Crippen molar-refractivity contribution >= 4 is 18.9 Å². The molecule has 2 atom stereocenters. The maximum atomic E-state index is 12.7. The summed E-state index contributed by atoms with van der Waals surface area (Å²) in [6.07, 6.45) is 8.98. The van der Waals surface area contributed by atoms with Crippen LogP contribution in [-0.4, -0.2) is 76.9 Å². The minimum atomic E-state index is -1.47. The van der Waals surface area contributed by atoms with Gasteiger partial charge in [-0.2, -0.15) is 0 Å². The van der Waals surface area contributed by atoms with Crippen molar-refractivity contribution in [1.82, 2.24) is 15.1 Å². The van der Waals surface area contributed by atoms with Gasteiger partial charge >= 0.3 is 7.12 Å². The number of hydrogen-bond donors (Lipinski definition) is 3. The Morgan fingerprint density at radius 1 is 0.962 bits per heavy atom. The minimum absolute atomic E-state index is 0.0867. The van der Waals surface area contributed by atoms with Crippen molar-refractivity contribution in [1.29, 1.82) is 0 Å². The number of nitrogens with zero attached hydrogens (tertiary/aromatic N) is 2. The summed E-state index contributed by atoms with van der Waals surface area (Å²) in [6, 6.07) is 0.139. The highest BCUT2D eigenvalue weighted by Gasteiger charge is 2.37. The molecule has 2 aliphatic heterocycles. The van der Waals surface area contributed by atoms with E-state index in [1.807, 2.05) is 4.90 Å². The van der Waals surface area contributed by atoms with Gasteiger partial charge in [-0.1, -0.05) is 19.3 Å². The van der Waals surface area contributed by atoms with E-state index in [1.165, 1.54) is 6.42 Å². The molecule has 3 rings (SSSR count). The van der Waals surface area contributed by atoms with Crippen LogP contribution in [0.5, 0.6) is 0 Å². The van der Waals surface area contributed by atoms with Crippen molar-refractivity contribution < 1.29 is 19.6 Å². The third kappa shape index (κ3) is 4.78. The highest BCUT2D eigenvalue weighted by atomic mass is 16.4. The smallest absolute Gasteiger partial charge is 0.426 e. The van der Waals surface area contributed by atoms with E-state index in [0.29, 0.717) is 25.4 Å². The van der Waals surface area contributed by atoms with Crippen LogP contribution in [0.15, 0.2) is 0 Å². The molecule has 2 amide bonds. The molecule has 7 nitrogen and oxygen atoms in total. The van der Waals surface area contributed by atoms with Crippen LogP contribution in [0, 0.1) is 5.92 Å². The number of rotatable bonds is 5. The fourth-order valence-corrected chi connectivity index (χ4v) is 4.70. The Balaban J connectivity index is 1.46. The summed E-state index contributed by atoms with van der Waals surface area (Å²) in [5.74, 6) is -0.0811. The molecule has 3 N–H and O–H groups in total. The summed E-state index contributed by atoms with van der Waals surface area (Å²) in [4.78, 5) is 28.7. The van der Waals surface area contributed by atoms with Gasteiger partial charge in [-0.05, 0) is 38.5 Å². The summed E-state index contributed by atoms with van der Waals surface area (Å²) in [7, 11) is -1.47. The van der Waals surface area contributed by atoms with Gasteiger partial charge in [0.2, 0.25) is 11.8 Å². The molecule has 1 aliphatic carbocycles. The van der Waals surface area contributed by atoms with Gasteiger partial charge in [-0.3, -0.25) is 9.59 Å². The molecule has 0 spiro atoms. The maximum Gasteiger partial charge on any atom is 0.475 e. The zero-order chi connectivity index (χ0) is 18.5. The van der Waals surface area contributed by atoms with E-state index in [0.717, 1.165) is 51.5 Å². The van der Waals surface area contributed by atoms with Crippen LogP contribution in [0.4, 0.5) is 0 Å². The summed E-state index contributed by atoms with van der Waals surface area (Å²) in [5.41, 5.74) is 0. The van der Waals surface area contributed by atoms with E-state index in [4.69, 9.17) is 0 Å². The number of carbonyl (C=O) groups is 2. The molecule has 0 radical (unpaired) electrons. The second-order valence-corrected chi connectivity index (χ2v) is 8.05. The van der Waals surface area contributed by atoms with E-state index in [1.54, 1.807) is 4.90 Å². The number of piperidine rings is 1. The van der Waals surface area contributed by atoms with Crippen LogP contribution in [0.2, 0.25) is 0 Å². The lowest BCUT2D eigenvalue weighted by Gasteiger charge is -2.36. The first-order chi connectivity index (χ1) is 12.6. The third-order valence-corrected chi connectivity index (χ3v) is 6.19. The Labute approximate surface area is 156 Å². The van der Waals surface area contributed by atoms with Gasteiger partial charge in [0, 0.05) is 31.6 Å². The van der Waals surface area contributed by atoms with Crippen LogP contribution in [0.25, 0.3) is 0 Å². The molecule has 3 aliphatic rings. The standard InChI is InChI=1S/C18H32BN3O4/c23-17(22-11-5-9-16(22)19(25)26)12-20-15-8-4-10-21(13-15)18(24)14-6-2-1-3-7-14/h14-16,20,25-26H,1-13H2/t15-,16+/m1/s1. The lowest BCUT2D eigenvalue weighted by atomic mass is 9.78. The molecule has 0 aromatic heterocycles. The average molecular weight is 365 g/mol. The van der Waals surface area contributed by atoms with Gasteiger partial charge in [-0.25, -0.2) is 0 Å². The molecule has 0 unspecified atom stereocenters. The highest BCUT2D eigenvalue weighted by molar-refractivity contribution is 6.43. The molecule has 8 heteroatoms. The van der Waals surface area contributed by atoms with Crippen LogP contribution in [0.1, 0.15) is 57.8 Å². The van der Waals surface area contributed by atoms with Gasteiger partial charge in [0.05, 0.1) is 12.5 Å². The van der Waals surface area contributed by atoms with Crippen LogP contribution in [0.3, 0.4) is 0 Å². The summed E-state index contributed by atoms with van der Waals surface area (Å²) >= 11 is 0. The molecule has 2 saturated heterocycles. The highest BCUT2D eigenvalue weighted by Crippen LogP contribution is 2.26. The molecule has 3 fully saturated rings. The summed E-state index contributed by atoms with van der Waals surface area (Å²) < 4.78 is 0. The molecular weight excluding hydrogens is 333 g/mol. The Morgan fingerprint density at radius 2 is 1.69 bits per heavy atom. The molecular formula is C18H32BN3O4. The summed E-state index contributed by atoms with van der Waals surface area (Å²) in [5, 5.41) is 22.1. The van der Waals surface area contributed by atoms with Crippen LogP contribution < -0.4 is 5.32 Å². The molecule has 26 heavy (non-hydrogen) atoms. The minimum Gasteiger partial charge on any atom is -0.426 e. The van der Waals surface area contributed by atoms with Crippen molar-refractivity contribution in [3.8, 4) is 0 Å². The molecule has 146 valence electrons. The lowest BCUT2D eigenvalue weighted by Crippen LogP contribution is -2.53. The second kappa shape index (κ2) is 9.19. The van der Waals surface area contributed by atoms with Crippen molar-refractivity contribution in [3.63, 3.8) is 0 Å². The largest absolute Gasteiger partial charge is 0.475 e. The zero-order valence-corrected chi connectivity index (χ0v) is 15.6. The van der Waals surface area contributed by atoms with Crippen molar-refractivity contribution in [2.75, 3.05) is 26.2 Å². The Morgan fingerprint density at radius 3 is 2.42 bits per heavy atom. The Hall–Kier alpha value is -1.12. The van der Waals surface area contributed by atoms with Gasteiger partial charge < -0.3 is 25.2 Å². The fourth-order valence-electron chi connectivity index (χ4n) is 4.70. The van der Waals surface area contributed by atoms with E-state index in [9.17, 15) is 19.6 Å². The first-order valence-electron chi connectivity index (χ1n) is 10.2. The molecule has 2 heterocycles. The predicted octanol–water partition coefficient (Wildman–Crippen LogP) is 0.150. The van der Waals surface area contributed by atoms with Gasteiger partial charge in [0.1, 0.15) is 0 Å². The SMILES string of the molecule is O=C(C1CCCCC1)N1CCC[C@@H](NCC(=O)N2CCC[C@H]2B(O)O)C1. The fraction of sp³-hybridized carbons (Fsp3) is 0.889. The first-order valence-corrected chi connectivity index (χ1v) is 10.2. The Bertz CT molecular complexity index is 499. The quantitative estimate of drug-likeness (QED) is 0.603. The van der Waals surface area contributed by atoms with E-state index in [2.05, 4.69) is 5.32 Å². The third-order valence-electron chi connectivity index (χ3n) is 6.19. The first kappa shape index (κ1) is 19.6.